The molecule has 0 atom stereocenters. The highest BCUT2D eigenvalue weighted by molar-refractivity contribution is 5.88. The van der Waals surface area contributed by atoms with E-state index < -0.39 is 23.2 Å². The molecular formula is C11H9F2N3O3. The number of anilines is 1. The number of nitrogens with zero attached hydrogens (tertiary/aromatic N) is 2. The second-order valence-electron chi connectivity index (χ2n) is 3.61. The van der Waals surface area contributed by atoms with E-state index in [9.17, 15) is 13.6 Å². The van der Waals surface area contributed by atoms with Crippen LogP contribution in [0.4, 0.5) is 14.5 Å². The van der Waals surface area contributed by atoms with Gasteiger partial charge in [-0.15, -0.1) is 0 Å². The van der Waals surface area contributed by atoms with Gasteiger partial charge in [0.25, 0.3) is 0 Å². The molecule has 19 heavy (non-hydrogen) atoms. The van der Waals surface area contributed by atoms with E-state index in [2.05, 4.69) is 15.5 Å². The minimum atomic E-state index is -1.52. The first-order valence-corrected chi connectivity index (χ1v) is 5.30. The van der Waals surface area contributed by atoms with Crippen molar-refractivity contribution >= 4 is 11.7 Å². The van der Waals surface area contributed by atoms with Crippen molar-refractivity contribution in [1.82, 2.24) is 10.1 Å². The molecule has 0 fully saturated rings. The summed E-state index contributed by atoms with van der Waals surface area (Å²) in [6.45, 7) is 0.241. The van der Waals surface area contributed by atoms with Gasteiger partial charge in [0.1, 0.15) is 0 Å². The topological polar surface area (TPSA) is 88.2 Å². The van der Waals surface area contributed by atoms with Crippen LogP contribution in [0.3, 0.4) is 0 Å². The fraction of sp³-hybridized carbons (Fsp3) is 0.182. The maximum atomic E-state index is 13.5. The van der Waals surface area contributed by atoms with E-state index in [-0.39, 0.29) is 12.2 Å². The molecular weight excluding hydrogens is 260 g/mol. The number of hydrogen-bond acceptors (Lipinski definition) is 5. The number of benzene rings is 1. The number of carboxylic acids is 1. The molecule has 2 N–H and O–H groups in total. The molecule has 0 spiro atoms. The summed E-state index contributed by atoms with van der Waals surface area (Å²) in [5.74, 6) is -3.79. The molecule has 8 heteroatoms. The van der Waals surface area contributed by atoms with Crippen LogP contribution in [0.5, 0.6) is 0 Å². The van der Waals surface area contributed by atoms with Gasteiger partial charge in [0.05, 0.1) is 11.3 Å². The number of aromatic nitrogens is 2. The van der Waals surface area contributed by atoms with Gasteiger partial charge in [-0.3, -0.25) is 0 Å². The van der Waals surface area contributed by atoms with Crippen molar-refractivity contribution in [2.75, 3.05) is 11.9 Å². The SMILES string of the molecule is O=C(O)c1ccc(NCCc2ncno2)c(F)c1F. The van der Waals surface area contributed by atoms with Crippen LogP contribution in [0.15, 0.2) is 23.0 Å². The second kappa shape index (κ2) is 5.42. The lowest BCUT2D eigenvalue weighted by molar-refractivity contribution is 0.0690. The molecule has 0 aliphatic rings. The Labute approximate surface area is 106 Å². The normalized spacial score (nSPS) is 10.4. The highest BCUT2D eigenvalue weighted by atomic mass is 19.2. The third kappa shape index (κ3) is 2.84. The first-order valence-electron chi connectivity index (χ1n) is 5.30. The molecule has 0 unspecified atom stereocenters. The monoisotopic (exact) mass is 269 g/mol. The Morgan fingerprint density at radius 3 is 2.79 bits per heavy atom. The van der Waals surface area contributed by atoms with Crippen molar-refractivity contribution in [3.63, 3.8) is 0 Å². The van der Waals surface area contributed by atoms with Crippen molar-refractivity contribution in [1.29, 1.82) is 0 Å². The first kappa shape index (κ1) is 12.9. The minimum Gasteiger partial charge on any atom is -0.478 e. The van der Waals surface area contributed by atoms with Gasteiger partial charge >= 0.3 is 5.97 Å². The summed E-state index contributed by atoms with van der Waals surface area (Å²) in [4.78, 5) is 14.4. The Hall–Kier alpha value is -2.51. The van der Waals surface area contributed by atoms with Gasteiger partial charge in [0, 0.05) is 13.0 Å². The van der Waals surface area contributed by atoms with Gasteiger partial charge in [-0.05, 0) is 12.1 Å². The van der Waals surface area contributed by atoms with Crippen LogP contribution in [0.25, 0.3) is 0 Å². The third-order valence-corrected chi connectivity index (χ3v) is 2.37. The smallest absolute Gasteiger partial charge is 0.338 e. The van der Waals surface area contributed by atoms with E-state index in [0.717, 1.165) is 12.1 Å². The summed E-state index contributed by atoms with van der Waals surface area (Å²) < 4.78 is 31.6. The molecule has 6 nitrogen and oxygen atoms in total. The molecule has 2 aromatic rings. The quantitative estimate of drug-likeness (QED) is 0.858. The molecule has 0 aliphatic carbocycles. The molecule has 1 aromatic carbocycles. The summed E-state index contributed by atoms with van der Waals surface area (Å²) in [6, 6.07) is 2.16. The third-order valence-electron chi connectivity index (χ3n) is 2.37. The Morgan fingerprint density at radius 2 is 2.16 bits per heavy atom. The molecule has 0 bridgehead atoms. The Balaban J connectivity index is 2.05. The zero-order valence-corrected chi connectivity index (χ0v) is 9.56. The van der Waals surface area contributed by atoms with E-state index in [0.29, 0.717) is 12.3 Å². The van der Waals surface area contributed by atoms with Crippen LogP contribution < -0.4 is 5.32 Å². The summed E-state index contributed by atoms with van der Waals surface area (Å²) >= 11 is 0. The first-order chi connectivity index (χ1) is 9.09. The summed E-state index contributed by atoms with van der Waals surface area (Å²) in [6.07, 6.45) is 1.57. The lowest BCUT2D eigenvalue weighted by Crippen LogP contribution is -2.10. The molecule has 0 aliphatic heterocycles. The number of halogens is 2. The Bertz CT molecular complexity index is 587. The van der Waals surface area contributed by atoms with Gasteiger partial charge in [0.2, 0.25) is 5.89 Å². The van der Waals surface area contributed by atoms with Crippen LogP contribution in [-0.2, 0) is 6.42 Å². The molecule has 0 amide bonds. The number of carbonyl (C=O) groups is 1. The molecule has 0 radical (unpaired) electrons. The predicted octanol–water partition coefficient (Wildman–Crippen LogP) is 1.70. The van der Waals surface area contributed by atoms with E-state index >= 15 is 0 Å². The summed E-state index contributed by atoms with van der Waals surface area (Å²) in [5, 5.41) is 14.6. The zero-order chi connectivity index (χ0) is 13.8. The number of rotatable bonds is 5. The number of aromatic carboxylic acids is 1. The highest BCUT2D eigenvalue weighted by Gasteiger charge is 2.17. The number of nitrogens with one attached hydrogen (secondary N) is 1. The van der Waals surface area contributed by atoms with Crippen LogP contribution in [-0.4, -0.2) is 27.8 Å². The van der Waals surface area contributed by atoms with E-state index in [1.165, 1.54) is 6.33 Å². The molecule has 0 saturated carbocycles. The lowest BCUT2D eigenvalue weighted by Gasteiger charge is -2.08. The van der Waals surface area contributed by atoms with Gasteiger partial charge in [-0.2, -0.15) is 4.98 Å². The van der Waals surface area contributed by atoms with Crippen molar-refractivity contribution in [2.45, 2.75) is 6.42 Å². The van der Waals surface area contributed by atoms with E-state index in [4.69, 9.17) is 9.63 Å². The number of carboxylic acid groups (broad SMARTS) is 1. The molecule has 0 saturated heterocycles. The zero-order valence-electron chi connectivity index (χ0n) is 9.56. The van der Waals surface area contributed by atoms with Gasteiger partial charge in [-0.25, -0.2) is 13.6 Å². The predicted molar refractivity (Wildman–Crippen MR) is 59.8 cm³/mol. The molecule has 1 aromatic heterocycles. The fourth-order valence-corrected chi connectivity index (χ4v) is 1.46. The highest BCUT2D eigenvalue weighted by Crippen LogP contribution is 2.20. The largest absolute Gasteiger partial charge is 0.478 e. The summed E-state index contributed by atoms with van der Waals surface area (Å²) in [5.41, 5.74) is -0.832. The standard InChI is InChI=1S/C11H9F2N3O3/c12-9-6(11(17)18)1-2-7(10(9)13)14-4-3-8-15-5-16-19-8/h1-2,5,14H,3-4H2,(H,17,18). The van der Waals surface area contributed by atoms with Crippen molar-refractivity contribution in [2.24, 2.45) is 0 Å². The van der Waals surface area contributed by atoms with Gasteiger partial charge < -0.3 is 14.9 Å². The lowest BCUT2D eigenvalue weighted by atomic mass is 10.2. The van der Waals surface area contributed by atoms with Crippen molar-refractivity contribution < 1.29 is 23.2 Å². The Kier molecular flexibility index (Phi) is 3.69. The molecule has 1 heterocycles. The maximum absolute atomic E-state index is 13.5. The van der Waals surface area contributed by atoms with Crippen molar-refractivity contribution in [3.05, 3.63) is 41.5 Å². The van der Waals surface area contributed by atoms with Crippen molar-refractivity contribution in [3.8, 4) is 0 Å². The van der Waals surface area contributed by atoms with Crippen LogP contribution >= 0.6 is 0 Å². The average molecular weight is 269 g/mol. The van der Waals surface area contributed by atoms with Gasteiger partial charge in [0.15, 0.2) is 18.0 Å². The summed E-state index contributed by atoms with van der Waals surface area (Å²) in [7, 11) is 0. The molecule has 100 valence electrons. The van der Waals surface area contributed by atoms with Gasteiger partial charge in [-0.1, -0.05) is 5.16 Å². The minimum absolute atomic E-state index is 0.123. The number of hydrogen-bond donors (Lipinski definition) is 2. The van der Waals surface area contributed by atoms with Crippen LogP contribution in [0.2, 0.25) is 0 Å². The molecule has 2 rings (SSSR count). The Morgan fingerprint density at radius 1 is 1.37 bits per heavy atom. The average Bonchev–Trinajstić information content (AvgIpc) is 2.87. The van der Waals surface area contributed by atoms with Crippen LogP contribution in [0.1, 0.15) is 16.2 Å². The fourth-order valence-electron chi connectivity index (χ4n) is 1.46. The van der Waals surface area contributed by atoms with E-state index in [1.54, 1.807) is 0 Å². The van der Waals surface area contributed by atoms with E-state index in [1.807, 2.05) is 0 Å². The van der Waals surface area contributed by atoms with Crippen LogP contribution in [0, 0.1) is 11.6 Å². The second-order valence-corrected chi connectivity index (χ2v) is 3.61. The maximum Gasteiger partial charge on any atom is 0.338 e.